The summed E-state index contributed by atoms with van der Waals surface area (Å²) in [7, 11) is 2.26. The summed E-state index contributed by atoms with van der Waals surface area (Å²) in [6.45, 7) is 12.1. The Bertz CT molecular complexity index is 160. The molecule has 2 heteroatoms. The molecule has 0 spiro atoms. The molecule has 0 unspecified atom stereocenters. The number of hydrogen-bond acceptors (Lipinski definition) is 2. The molecule has 0 aromatic carbocycles. The predicted molar refractivity (Wildman–Crippen MR) is 67.2 cm³/mol. The molecule has 0 amide bonds. The Morgan fingerprint density at radius 1 is 1.27 bits per heavy atom. The first-order valence-electron chi connectivity index (χ1n) is 6.56. The number of nitrogens with zero attached hydrogens (tertiary/aromatic N) is 2. The van der Waals surface area contributed by atoms with E-state index in [0.29, 0.717) is 0 Å². The molecule has 0 aromatic rings. The van der Waals surface area contributed by atoms with Crippen molar-refractivity contribution in [3.63, 3.8) is 0 Å². The van der Waals surface area contributed by atoms with Crippen LogP contribution in [0.5, 0.6) is 0 Å². The van der Waals surface area contributed by atoms with Gasteiger partial charge in [0.15, 0.2) is 0 Å². The zero-order valence-electron chi connectivity index (χ0n) is 11.0. The summed E-state index contributed by atoms with van der Waals surface area (Å²) >= 11 is 0. The Morgan fingerprint density at radius 2 is 1.87 bits per heavy atom. The molecule has 0 atom stereocenters. The molecule has 0 bridgehead atoms. The number of rotatable bonds is 5. The third kappa shape index (κ3) is 4.52. The van der Waals surface area contributed by atoms with Gasteiger partial charge in [0.05, 0.1) is 0 Å². The van der Waals surface area contributed by atoms with E-state index in [1.54, 1.807) is 0 Å². The number of hydrogen-bond donors (Lipinski definition) is 0. The van der Waals surface area contributed by atoms with Crippen molar-refractivity contribution in [2.45, 2.75) is 46.1 Å². The molecule has 0 aromatic heterocycles. The Balaban J connectivity index is 2.19. The van der Waals surface area contributed by atoms with Crippen molar-refractivity contribution in [3.8, 4) is 0 Å². The summed E-state index contributed by atoms with van der Waals surface area (Å²) in [5.41, 5.74) is 0. The van der Waals surface area contributed by atoms with Crippen LogP contribution in [0.25, 0.3) is 0 Å². The molecule has 2 nitrogen and oxygen atoms in total. The van der Waals surface area contributed by atoms with Gasteiger partial charge < -0.3 is 9.80 Å². The second-order valence-electron chi connectivity index (χ2n) is 5.34. The molecule has 1 aliphatic rings. The third-order valence-electron chi connectivity index (χ3n) is 3.55. The van der Waals surface area contributed by atoms with Crippen LogP contribution >= 0.6 is 0 Å². The minimum atomic E-state index is 0.735. The average Bonchev–Trinajstić information content (AvgIpc) is 2.18. The van der Waals surface area contributed by atoms with Gasteiger partial charge in [-0.1, -0.05) is 6.92 Å². The summed E-state index contributed by atoms with van der Waals surface area (Å²) in [4.78, 5) is 5.10. The van der Waals surface area contributed by atoms with E-state index < -0.39 is 0 Å². The first-order valence-corrected chi connectivity index (χ1v) is 6.56. The van der Waals surface area contributed by atoms with Crippen LogP contribution in [0.3, 0.4) is 0 Å². The van der Waals surface area contributed by atoms with Crippen molar-refractivity contribution in [2.24, 2.45) is 5.92 Å². The lowest BCUT2D eigenvalue weighted by Gasteiger charge is -2.36. The minimum Gasteiger partial charge on any atom is -0.306 e. The molecule has 1 rings (SSSR count). The molecular weight excluding hydrogens is 184 g/mol. The molecule has 90 valence electrons. The fourth-order valence-corrected chi connectivity index (χ4v) is 2.57. The lowest BCUT2D eigenvalue weighted by molar-refractivity contribution is 0.129. The molecule has 0 N–H and O–H groups in total. The fourth-order valence-electron chi connectivity index (χ4n) is 2.57. The van der Waals surface area contributed by atoms with Crippen LogP contribution in [0.1, 0.15) is 40.0 Å². The number of piperidine rings is 1. The molecule has 1 saturated heterocycles. The van der Waals surface area contributed by atoms with Gasteiger partial charge in [-0.05, 0) is 65.7 Å². The second-order valence-corrected chi connectivity index (χ2v) is 5.34. The van der Waals surface area contributed by atoms with Gasteiger partial charge in [0, 0.05) is 12.6 Å². The van der Waals surface area contributed by atoms with Gasteiger partial charge in [0.2, 0.25) is 0 Å². The maximum absolute atomic E-state index is 2.61. The zero-order chi connectivity index (χ0) is 11.3. The topological polar surface area (TPSA) is 6.48 Å². The predicted octanol–water partition coefficient (Wildman–Crippen LogP) is 2.45. The number of likely N-dealkylation sites (tertiary alicyclic amines) is 1. The van der Waals surface area contributed by atoms with Crippen molar-refractivity contribution in [1.82, 2.24) is 9.80 Å². The van der Waals surface area contributed by atoms with Crippen LogP contribution in [0.2, 0.25) is 0 Å². The quantitative estimate of drug-likeness (QED) is 0.691. The van der Waals surface area contributed by atoms with Crippen LogP contribution in [-0.2, 0) is 0 Å². The molecule has 0 radical (unpaired) electrons. The van der Waals surface area contributed by atoms with E-state index in [1.807, 2.05) is 0 Å². The lowest BCUT2D eigenvalue weighted by Crippen LogP contribution is -2.41. The second kappa shape index (κ2) is 6.49. The van der Waals surface area contributed by atoms with Gasteiger partial charge in [0.25, 0.3) is 0 Å². The summed E-state index contributed by atoms with van der Waals surface area (Å²) in [5.74, 6) is 0.941. The Labute approximate surface area is 95.6 Å². The highest BCUT2D eigenvalue weighted by molar-refractivity contribution is 4.76. The lowest BCUT2D eigenvalue weighted by atomic mass is 9.95. The summed E-state index contributed by atoms with van der Waals surface area (Å²) in [6.07, 6.45) is 4.07. The van der Waals surface area contributed by atoms with E-state index in [9.17, 15) is 0 Å². The highest BCUT2D eigenvalue weighted by Gasteiger charge is 2.21. The largest absolute Gasteiger partial charge is 0.306 e. The van der Waals surface area contributed by atoms with Crippen molar-refractivity contribution < 1.29 is 0 Å². The Kier molecular flexibility index (Phi) is 5.62. The molecule has 0 saturated carbocycles. The smallest absolute Gasteiger partial charge is 0.00385 e. The van der Waals surface area contributed by atoms with Crippen molar-refractivity contribution >= 4 is 0 Å². The fraction of sp³-hybridized carbons (Fsp3) is 1.00. The molecule has 15 heavy (non-hydrogen) atoms. The van der Waals surface area contributed by atoms with Crippen LogP contribution in [-0.4, -0.2) is 49.1 Å². The Hall–Kier alpha value is -0.0800. The highest BCUT2D eigenvalue weighted by atomic mass is 15.2. The molecule has 0 aliphatic carbocycles. The van der Waals surface area contributed by atoms with Crippen LogP contribution in [0.4, 0.5) is 0 Å². The Morgan fingerprint density at radius 3 is 2.33 bits per heavy atom. The van der Waals surface area contributed by atoms with E-state index in [2.05, 4.69) is 37.6 Å². The monoisotopic (exact) mass is 212 g/mol. The van der Waals surface area contributed by atoms with Crippen molar-refractivity contribution in [3.05, 3.63) is 0 Å². The standard InChI is InChI=1S/C13H28N2/c1-5-8-14(4)11-13-6-9-15(10-7-13)12(2)3/h12-13H,5-11H2,1-4H3. The van der Waals surface area contributed by atoms with E-state index in [4.69, 9.17) is 0 Å². The molecule has 1 heterocycles. The van der Waals surface area contributed by atoms with Gasteiger partial charge in [0.1, 0.15) is 0 Å². The first-order chi connectivity index (χ1) is 7.13. The summed E-state index contributed by atoms with van der Waals surface area (Å²) < 4.78 is 0. The van der Waals surface area contributed by atoms with Crippen molar-refractivity contribution in [2.75, 3.05) is 33.2 Å². The van der Waals surface area contributed by atoms with Gasteiger partial charge in [-0.3, -0.25) is 0 Å². The highest BCUT2D eigenvalue weighted by Crippen LogP contribution is 2.19. The average molecular weight is 212 g/mol. The summed E-state index contributed by atoms with van der Waals surface area (Å²) in [6, 6.07) is 0.735. The first kappa shape index (κ1) is 13.0. The molecule has 1 fully saturated rings. The van der Waals surface area contributed by atoms with Crippen molar-refractivity contribution in [1.29, 1.82) is 0 Å². The maximum Gasteiger partial charge on any atom is 0.00385 e. The zero-order valence-corrected chi connectivity index (χ0v) is 11.0. The van der Waals surface area contributed by atoms with E-state index in [0.717, 1.165) is 12.0 Å². The van der Waals surface area contributed by atoms with Gasteiger partial charge in [-0.25, -0.2) is 0 Å². The maximum atomic E-state index is 2.61. The third-order valence-corrected chi connectivity index (χ3v) is 3.55. The van der Waals surface area contributed by atoms with Gasteiger partial charge in [-0.2, -0.15) is 0 Å². The van der Waals surface area contributed by atoms with Crippen LogP contribution in [0, 0.1) is 5.92 Å². The minimum absolute atomic E-state index is 0.735. The molecular formula is C13H28N2. The molecule has 1 aliphatic heterocycles. The van der Waals surface area contributed by atoms with E-state index in [-0.39, 0.29) is 0 Å². The van der Waals surface area contributed by atoms with Gasteiger partial charge in [-0.15, -0.1) is 0 Å². The van der Waals surface area contributed by atoms with E-state index >= 15 is 0 Å². The van der Waals surface area contributed by atoms with Crippen LogP contribution in [0.15, 0.2) is 0 Å². The van der Waals surface area contributed by atoms with E-state index in [1.165, 1.54) is 45.4 Å². The van der Waals surface area contributed by atoms with Crippen LogP contribution < -0.4 is 0 Å². The normalized spacial score (nSPS) is 20.4. The SMILES string of the molecule is CCCN(C)CC1CCN(C(C)C)CC1. The van der Waals surface area contributed by atoms with Gasteiger partial charge >= 0.3 is 0 Å². The summed E-state index contributed by atoms with van der Waals surface area (Å²) in [5, 5.41) is 0.